The van der Waals surface area contributed by atoms with Gasteiger partial charge in [0.2, 0.25) is 0 Å². The van der Waals surface area contributed by atoms with Crippen LogP contribution in [0, 0.1) is 0 Å². The zero-order valence-corrected chi connectivity index (χ0v) is 13.3. The van der Waals surface area contributed by atoms with E-state index in [0.29, 0.717) is 9.46 Å². The number of amides is 2. The summed E-state index contributed by atoms with van der Waals surface area (Å²) in [6, 6.07) is 13.5. The van der Waals surface area contributed by atoms with Gasteiger partial charge >= 0.3 is 0 Å². The second kappa shape index (κ2) is 7.26. The van der Waals surface area contributed by atoms with E-state index in [2.05, 4.69) is 15.0 Å². The largest absolute Gasteiger partial charge is 0.427 e. The van der Waals surface area contributed by atoms with E-state index in [1.807, 2.05) is 0 Å². The van der Waals surface area contributed by atoms with Crippen molar-refractivity contribution in [2.75, 3.05) is 0 Å². The Morgan fingerprint density at radius 3 is 1.62 bits per heavy atom. The average molecular weight is 351 g/mol. The summed E-state index contributed by atoms with van der Waals surface area (Å²) in [5.41, 5.74) is -0.127. The molecule has 0 aliphatic carbocycles. The first-order valence-corrected chi connectivity index (χ1v) is 7.43. The molecule has 3 rings (SSSR count). The summed E-state index contributed by atoms with van der Waals surface area (Å²) in [5.74, 6) is -1.46. The predicted octanol–water partition coefficient (Wildman–Crippen LogP) is 0.641. The van der Waals surface area contributed by atoms with Crippen molar-refractivity contribution in [1.82, 2.24) is 14.4 Å². The molecule has 0 spiro atoms. The standard InChI is InChI=1S/C17H13N5O4/c23-16(19-14-8-1-3-10-21(14)25)12-6-5-7-13(18-12)17(24)20-15-9-2-4-11-22(15)26/h1-11,25-26H. The molecule has 130 valence electrons. The molecule has 0 saturated carbocycles. The third-order valence-electron chi connectivity index (χ3n) is 3.26. The Kier molecular flexibility index (Phi) is 4.70. The third kappa shape index (κ3) is 3.73. The van der Waals surface area contributed by atoms with Gasteiger partial charge in [-0.05, 0) is 36.4 Å². The Morgan fingerprint density at radius 1 is 0.731 bits per heavy atom. The molecule has 0 unspecified atom stereocenters. The number of rotatable bonds is 2. The van der Waals surface area contributed by atoms with E-state index in [-0.39, 0.29) is 22.4 Å². The molecule has 0 fully saturated rings. The topological polar surface area (TPSA) is 122 Å². The van der Waals surface area contributed by atoms with Crippen molar-refractivity contribution in [1.29, 1.82) is 0 Å². The van der Waals surface area contributed by atoms with Gasteiger partial charge in [-0.1, -0.05) is 18.2 Å². The second-order valence-electron chi connectivity index (χ2n) is 5.05. The van der Waals surface area contributed by atoms with Crippen LogP contribution >= 0.6 is 0 Å². The van der Waals surface area contributed by atoms with E-state index in [4.69, 9.17) is 0 Å². The van der Waals surface area contributed by atoms with Crippen LogP contribution in [0.2, 0.25) is 0 Å². The molecule has 9 nitrogen and oxygen atoms in total. The van der Waals surface area contributed by atoms with Crippen molar-refractivity contribution in [3.63, 3.8) is 0 Å². The maximum absolute atomic E-state index is 12.2. The SMILES string of the molecule is O=C(N=c1ccccn1O)c1cccc(C(=O)N=c2ccccn2O)n1. The van der Waals surface area contributed by atoms with Gasteiger partial charge in [0.25, 0.3) is 11.8 Å². The highest BCUT2D eigenvalue weighted by Gasteiger charge is 2.11. The Morgan fingerprint density at radius 2 is 1.19 bits per heavy atom. The molecule has 0 bridgehead atoms. The van der Waals surface area contributed by atoms with Gasteiger partial charge in [0, 0.05) is 12.4 Å². The Labute approximate surface area is 146 Å². The van der Waals surface area contributed by atoms with Crippen LogP contribution in [0.4, 0.5) is 0 Å². The molecule has 3 heterocycles. The van der Waals surface area contributed by atoms with Crippen LogP contribution in [0.3, 0.4) is 0 Å². The number of carbonyl (C=O) groups is 2. The van der Waals surface area contributed by atoms with Gasteiger partial charge in [-0.2, -0.15) is 19.4 Å². The number of aromatic nitrogens is 3. The lowest BCUT2D eigenvalue weighted by Crippen LogP contribution is -2.20. The zero-order chi connectivity index (χ0) is 18.5. The van der Waals surface area contributed by atoms with E-state index in [0.717, 1.165) is 0 Å². The van der Waals surface area contributed by atoms with Crippen molar-refractivity contribution in [2.24, 2.45) is 9.98 Å². The number of hydrogen-bond donors (Lipinski definition) is 2. The lowest BCUT2D eigenvalue weighted by molar-refractivity contribution is 0.0978. The van der Waals surface area contributed by atoms with Crippen LogP contribution in [-0.2, 0) is 0 Å². The molecule has 2 N–H and O–H groups in total. The van der Waals surface area contributed by atoms with Gasteiger partial charge < -0.3 is 10.4 Å². The molecule has 0 radical (unpaired) electrons. The number of carbonyl (C=O) groups excluding carboxylic acids is 2. The summed E-state index contributed by atoms with van der Waals surface area (Å²) in [7, 11) is 0. The highest BCUT2D eigenvalue weighted by atomic mass is 16.5. The Hall–Kier alpha value is -4.01. The molecule has 0 aromatic carbocycles. The van der Waals surface area contributed by atoms with E-state index in [1.165, 1.54) is 42.7 Å². The molecule has 26 heavy (non-hydrogen) atoms. The van der Waals surface area contributed by atoms with E-state index < -0.39 is 11.8 Å². The van der Waals surface area contributed by atoms with E-state index in [9.17, 15) is 20.0 Å². The van der Waals surface area contributed by atoms with Crippen molar-refractivity contribution in [2.45, 2.75) is 0 Å². The van der Waals surface area contributed by atoms with Gasteiger partial charge in [0.05, 0.1) is 0 Å². The van der Waals surface area contributed by atoms with E-state index >= 15 is 0 Å². The molecule has 0 atom stereocenters. The minimum Gasteiger partial charge on any atom is -0.427 e. The fourth-order valence-electron chi connectivity index (χ4n) is 2.02. The number of nitrogens with zero attached hydrogens (tertiary/aromatic N) is 5. The fourth-order valence-corrected chi connectivity index (χ4v) is 2.02. The first-order valence-electron chi connectivity index (χ1n) is 7.43. The van der Waals surface area contributed by atoms with Gasteiger partial charge in [-0.25, -0.2) is 4.98 Å². The highest BCUT2D eigenvalue weighted by molar-refractivity contribution is 5.96. The summed E-state index contributed by atoms with van der Waals surface area (Å²) >= 11 is 0. The fraction of sp³-hybridized carbons (Fsp3) is 0. The van der Waals surface area contributed by atoms with Gasteiger partial charge in [0.1, 0.15) is 11.4 Å². The second-order valence-corrected chi connectivity index (χ2v) is 5.05. The number of pyridine rings is 3. The van der Waals surface area contributed by atoms with Gasteiger partial charge in [0.15, 0.2) is 11.0 Å². The summed E-state index contributed by atoms with van der Waals surface area (Å²) in [5, 5.41) is 19.2. The average Bonchev–Trinajstić information content (AvgIpc) is 2.65. The highest BCUT2D eigenvalue weighted by Crippen LogP contribution is 2.03. The molecule has 0 saturated heterocycles. The van der Waals surface area contributed by atoms with Crippen LogP contribution in [0.5, 0.6) is 0 Å². The third-order valence-corrected chi connectivity index (χ3v) is 3.26. The lowest BCUT2D eigenvalue weighted by Gasteiger charge is -2.00. The van der Waals surface area contributed by atoms with E-state index in [1.54, 1.807) is 24.3 Å². The van der Waals surface area contributed by atoms with Gasteiger partial charge in [-0.15, -0.1) is 0 Å². The molecule has 0 aliphatic rings. The van der Waals surface area contributed by atoms with Crippen LogP contribution in [-0.4, -0.2) is 36.7 Å². The maximum atomic E-state index is 12.2. The Balaban J connectivity index is 1.94. The molecule has 0 aliphatic heterocycles. The number of hydrogen-bond acceptors (Lipinski definition) is 5. The van der Waals surface area contributed by atoms with Crippen molar-refractivity contribution in [3.05, 3.63) is 89.4 Å². The summed E-state index contributed by atoms with van der Waals surface area (Å²) in [6.07, 6.45) is 2.64. The van der Waals surface area contributed by atoms with Gasteiger partial charge in [-0.3, -0.25) is 9.59 Å². The van der Waals surface area contributed by atoms with Crippen molar-refractivity contribution < 1.29 is 20.0 Å². The summed E-state index contributed by atoms with van der Waals surface area (Å²) < 4.78 is 1.38. The summed E-state index contributed by atoms with van der Waals surface area (Å²) in [4.78, 5) is 35.9. The monoisotopic (exact) mass is 351 g/mol. The van der Waals surface area contributed by atoms with Crippen molar-refractivity contribution >= 4 is 11.8 Å². The Bertz CT molecular complexity index is 1030. The first kappa shape index (κ1) is 16.8. The quantitative estimate of drug-likeness (QED) is 0.656. The molecule has 9 heteroatoms. The maximum Gasteiger partial charge on any atom is 0.297 e. The minimum atomic E-state index is -0.731. The molecular formula is C17H13N5O4. The van der Waals surface area contributed by atoms with Crippen molar-refractivity contribution in [3.8, 4) is 0 Å². The molecular weight excluding hydrogens is 338 g/mol. The summed E-state index contributed by atoms with van der Waals surface area (Å²) in [6.45, 7) is 0. The molecule has 3 aromatic rings. The van der Waals surface area contributed by atoms with Crippen LogP contribution in [0.15, 0.2) is 77.0 Å². The minimum absolute atomic E-state index is 0.0197. The lowest BCUT2D eigenvalue weighted by atomic mass is 10.3. The normalized spacial score (nSPS) is 12.2. The zero-order valence-electron chi connectivity index (χ0n) is 13.3. The van der Waals surface area contributed by atoms with Crippen LogP contribution in [0.25, 0.3) is 0 Å². The predicted molar refractivity (Wildman–Crippen MR) is 87.3 cm³/mol. The molecule has 2 amide bonds. The smallest absolute Gasteiger partial charge is 0.297 e. The van der Waals surface area contributed by atoms with Crippen LogP contribution in [0.1, 0.15) is 21.0 Å². The van der Waals surface area contributed by atoms with Crippen LogP contribution < -0.4 is 11.0 Å². The molecule has 3 aromatic heterocycles. The first-order chi connectivity index (χ1) is 12.5.